The molecule has 0 amide bonds. The number of benzene rings is 4. The number of ether oxygens (including phenoxy) is 2. The molecule has 0 aromatic heterocycles. The van der Waals surface area contributed by atoms with Crippen molar-refractivity contribution in [3.8, 4) is 11.5 Å². The van der Waals surface area contributed by atoms with Gasteiger partial charge in [0.25, 0.3) is 0 Å². The van der Waals surface area contributed by atoms with Crippen molar-refractivity contribution < 1.29 is 19.1 Å². The Hall–Kier alpha value is -3.66. The molecule has 4 aromatic carbocycles. The largest absolute Gasteiger partial charge is 0.493 e. The lowest BCUT2D eigenvalue weighted by molar-refractivity contribution is 0.111. The van der Waals surface area contributed by atoms with Gasteiger partial charge >= 0.3 is 0 Å². The molecule has 0 aliphatic rings. The SMILES string of the molecule is O=Cc1c(OCCCCOc2ccc3ccccc3c2C=O)ccc2ccccc12. The lowest BCUT2D eigenvalue weighted by Gasteiger charge is -2.12. The van der Waals surface area contributed by atoms with Crippen LogP contribution in [0.1, 0.15) is 33.6 Å². The van der Waals surface area contributed by atoms with E-state index < -0.39 is 0 Å². The van der Waals surface area contributed by atoms with Crippen LogP contribution in [0.5, 0.6) is 11.5 Å². The Kier molecular flexibility index (Phi) is 6.04. The summed E-state index contributed by atoms with van der Waals surface area (Å²) < 4.78 is 11.7. The number of carbonyl (C=O) groups excluding carboxylic acids is 2. The number of carbonyl (C=O) groups is 2. The highest BCUT2D eigenvalue weighted by atomic mass is 16.5. The van der Waals surface area contributed by atoms with Gasteiger partial charge in [0.15, 0.2) is 12.6 Å². The third-order valence-corrected chi connectivity index (χ3v) is 5.15. The van der Waals surface area contributed by atoms with Crippen molar-refractivity contribution in [1.82, 2.24) is 0 Å². The van der Waals surface area contributed by atoms with Gasteiger partial charge in [-0.2, -0.15) is 0 Å². The van der Waals surface area contributed by atoms with Crippen LogP contribution in [0.4, 0.5) is 0 Å². The molecule has 4 nitrogen and oxygen atoms in total. The van der Waals surface area contributed by atoms with Gasteiger partial charge in [0.05, 0.1) is 24.3 Å². The van der Waals surface area contributed by atoms with Crippen LogP contribution in [-0.4, -0.2) is 25.8 Å². The van der Waals surface area contributed by atoms with Gasteiger partial charge in [0.1, 0.15) is 11.5 Å². The minimum atomic E-state index is 0.487. The van der Waals surface area contributed by atoms with Gasteiger partial charge in [0, 0.05) is 0 Å². The average molecular weight is 398 g/mol. The van der Waals surface area contributed by atoms with Crippen LogP contribution in [0.2, 0.25) is 0 Å². The van der Waals surface area contributed by atoms with Gasteiger partial charge in [-0.3, -0.25) is 9.59 Å². The summed E-state index contributed by atoms with van der Waals surface area (Å²) >= 11 is 0. The summed E-state index contributed by atoms with van der Waals surface area (Å²) in [6.07, 6.45) is 3.24. The molecule has 0 radical (unpaired) electrons. The van der Waals surface area contributed by atoms with Crippen molar-refractivity contribution in [1.29, 1.82) is 0 Å². The highest BCUT2D eigenvalue weighted by Gasteiger charge is 2.09. The standard InChI is InChI=1S/C26H22O4/c27-17-23-21-9-3-1-7-19(21)11-13-25(23)29-15-5-6-16-30-26-14-12-20-8-2-4-10-22(20)24(26)18-28/h1-4,7-14,17-18H,5-6,15-16H2. The number of hydrogen-bond acceptors (Lipinski definition) is 4. The first-order valence-corrected chi connectivity index (χ1v) is 10.0. The van der Waals surface area contributed by atoms with Gasteiger partial charge in [-0.1, -0.05) is 60.7 Å². The first-order valence-electron chi connectivity index (χ1n) is 10.0. The molecule has 0 aliphatic carbocycles. The van der Waals surface area contributed by atoms with Gasteiger partial charge in [0.2, 0.25) is 0 Å². The van der Waals surface area contributed by atoms with Gasteiger partial charge in [-0.25, -0.2) is 0 Å². The number of hydrogen-bond donors (Lipinski definition) is 0. The molecule has 0 fully saturated rings. The minimum absolute atomic E-state index is 0.487. The maximum atomic E-state index is 11.6. The third kappa shape index (κ3) is 4.03. The Morgan fingerprint density at radius 1 is 0.567 bits per heavy atom. The van der Waals surface area contributed by atoms with Crippen molar-refractivity contribution in [2.24, 2.45) is 0 Å². The number of rotatable bonds is 9. The molecule has 0 atom stereocenters. The highest BCUT2D eigenvalue weighted by molar-refractivity contribution is 6.01. The molecule has 0 saturated heterocycles. The Bertz CT molecular complexity index is 1100. The van der Waals surface area contributed by atoms with E-state index in [1.165, 1.54) is 0 Å². The van der Waals surface area contributed by atoms with Gasteiger partial charge < -0.3 is 9.47 Å². The Morgan fingerprint density at radius 3 is 1.43 bits per heavy atom. The normalized spacial score (nSPS) is 10.8. The van der Waals surface area contributed by atoms with E-state index in [4.69, 9.17) is 9.47 Å². The molecule has 150 valence electrons. The first kappa shape index (κ1) is 19.6. The Labute approximate surface area is 175 Å². The van der Waals surface area contributed by atoms with Crippen molar-refractivity contribution >= 4 is 34.1 Å². The molecular formula is C26H22O4. The zero-order valence-corrected chi connectivity index (χ0v) is 16.5. The second kappa shape index (κ2) is 9.23. The van der Waals surface area contributed by atoms with Crippen molar-refractivity contribution in [3.05, 3.63) is 83.9 Å². The summed E-state index contributed by atoms with van der Waals surface area (Å²) in [6, 6.07) is 23.1. The molecule has 0 saturated carbocycles. The molecule has 0 bridgehead atoms. The van der Waals surface area contributed by atoms with Crippen molar-refractivity contribution in [3.63, 3.8) is 0 Å². The van der Waals surface area contributed by atoms with E-state index in [1.54, 1.807) is 0 Å². The Morgan fingerprint density at radius 2 is 1.00 bits per heavy atom. The molecular weight excluding hydrogens is 376 g/mol. The molecule has 0 spiro atoms. The number of aldehydes is 2. The quantitative estimate of drug-likeness (QED) is 0.262. The second-order valence-corrected chi connectivity index (χ2v) is 7.04. The predicted octanol–water partition coefficient (Wildman–Crippen LogP) is 5.86. The van der Waals surface area contributed by atoms with E-state index >= 15 is 0 Å². The summed E-state index contributed by atoms with van der Waals surface area (Å²) in [5, 5.41) is 3.82. The van der Waals surface area contributed by atoms with Crippen LogP contribution >= 0.6 is 0 Å². The van der Waals surface area contributed by atoms with Crippen LogP contribution in [0.3, 0.4) is 0 Å². The van der Waals surface area contributed by atoms with E-state index in [2.05, 4.69) is 0 Å². The summed E-state index contributed by atoms with van der Waals surface area (Å²) in [6.45, 7) is 0.974. The van der Waals surface area contributed by atoms with E-state index in [-0.39, 0.29) is 0 Å². The van der Waals surface area contributed by atoms with E-state index in [1.807, 2.05) is 72.8 Å². The maximum absolute atomic E-state index is 11.6. The summed E-state index contributed by atoms with van der Waals surface area (Å²) in [4.78, 5) is 23.1. The summed E-state index contributed by atoms with van der Waals surface area (Å²) in [7, 11) is 0. The van der Waals surface area contributed by atoms with Gasteiger partial charge in [-0.15, -0.1) is 0 Å². The molecule has 0 N–H and O–H groups in total. The maximum Gasteiger partial charge on any atom is 0.154 e. The fourth-order valence-corrected chi connectivity index (χ4v) is 3.61. The molecule has 4 heteroatoms. The molecule has 0 heterocycles. The minimum Gasteiger partial charge on any atom is -0.493 e. The lowest BCUT2D eigenvalue weighted by Crippen LogP contribution is -2.05. The zero-order chi connectivity index (χ0) is 20.8. The predicted molar refractivity (Wildman–Crippen MR) is 119 cm³/mol. The molecule has 0 aliphatic heterocycles. The van der Waals surface area contributed by atoms with Gasteiger partial charge in [-0.05, 0) is 46.5 Å². The fourth-order valence-electron chi connectivity index (χ4n) is 3.61. The van der Waals surface area contributed by atoms with Crippen molar-refractivity contribution in [2.45, 2.75) is 12.8 Å². The summed E-state index contributed by atoms with van der Waals surface area (Å²) in [5.74, 6) is 1.20. The highest BCUT2D eigenvalue weighted by Crippen LogP contribution is 2.28. The molecule has 4 aromatic rings. The second-order valence-electron chi connectivity index (χ2n) is 7.04. The van der Waals surface area contributed by atoms with E-state index in [0.717, 1.165) is 47.0 Å². The topological polar surface area (TPSA) is 52.6 Å². The molecule has 0 unspecified atom stereocenters. The number of fused-ring (bicyclic) bond motifs is 2. The lowest BCUT2D eigenvalue weighted by atomic mass is 10.0. The van der Waals surface area contributed by atoms with Crippen LogP contribution in [0, 0.1) is 0 Å². The summed E-state index contributed by atoms with van der Waals surface area (Å²) in [5.41, 5.74) is 1.16. The number of unbranched alkanes of at least 4 members (excludes halogenated alkanes) is 1. The van der Waals surface area contributed by atoms with Crippen molar-refractivity contribution in [2.75, 3.05) is 13.2 Å². The molecule has 4 rings (SSSR count). The Balaban J connectivity index is 1.32. The van der Waals surface area contributed by atoms with E-state index in [9.17, 15) is 9.59 Å². The van der Waals surface area contributed by atoms with Crippen LogP contribution in [-0.2, 0) is 0 Å². The fraction of sp³-hybridized carbons (Fsp3) is 0.154. The third-order valence-electron chi connectivity index (χ3n) is 5.15. The van der Waals surface area contributed by atoms with Crippen LogP contribution in [0.25, 0.3) is 21.5 Å². The van der Waals surface area contributed by atoms with E-state index in [0.29, 0.717) is 35.8 Å². The van der Waals surface area contributed by atoms with Crippen LogP contribution in [0.15, 0.2) is 72.8 Å². The average Bonchev–Trinajstić information content (AvgIpc) is 2.80. The zero-order valence-electron chi connectivity index (χ0n) is 16.5. The molecule has 30 heavy (non-hydrogen) atoms. The van der Waals surface area contributed by atoms with Crippen LogP contribution < -0.4 is 9.47 Å². The monoisotopic (exact) mass is 398 g/mol. The smallest absolute Gasteiger partial charge is 0.154 e. The first-order chi connectivity index (χ1) is 14.8.